The molecule has 0 amide bonds. The number of rotatable bonds is 4. The van der Waals surface area contributed by atoms with Gasteiger partial charge in [0.15, 0.2) is 0 Å². The van der Waals surface area contributed by atoms with Crippen LogP contribution in [-0.2, 0) is 6.42 Å². The Hall–Kier alpha value is -0.840. The number of hydrogen-bond donors (Lipinski definition) is 1. The van der Waals surface area contributed by atoms with Gasteiger partial charge in [0.25, 0.3) is 0 Å². The van der Waals surface area contributed by atoms with E-state index in [1.165, 1.54) is 9.75 Å². The average Bonchev–Trinajstić information content (AvgIpc) is 2.70. The third-order valence-corrected chi connectivity index (χ3v) is 5.14. The van der Waals surface area contributed by atoms with Crippen LogP contribution in [0.2, 0.25) is 0 Å². The van der Waals surface area contributed by atoms with Gasteiger partial charge >= 0.3 is 0 Å². The summed E-state index contributed by atoms with van der Waals surface area (Å²) in [7, 11) is 1.69. The monoisotopic (exact) mass is 325 g/mol. The van der Waals surface area contributed by atoms with Crippen LogP contribution in [0.3, 0.4) is 0 Å². The van der Waals surface area contributed by atoms with Gasteiger partial charge in [-0.05, 0) is 47.0 Å². The number of ether oxygens (including phenoxy) is 1. The van der Waals surface area contributed by atoms with Crippen LogP contribution in [0.5, 0.6) is 5.75 Å². The lowest BCUT2D eigenvalue weighted by Crippen LogP contribution is -2.12. The van der Waals surface area contributed by atoms with Crippen molar-refractivity contribution in [3.05, 3.63) is 50.1 Å². The first kappa shape index (κ1) is 13.6. The molecule has 1 heterocycles. The fraction of sp³-hybridized carbons (Fsp3) is 0.286. The highest BCUT2D eigenvalue weighted by atomic mass is 79.9. The van der Waals surface area contributed by atoms with Crippen LogP contribution in [0, 0.1) is 6.92 Å². The van der Waals surface area contributed by atoms with E-state index in [-0.39, 0.29) is 6.04 Å². The fourth-order valence-electron chi connectivity index (χ4n) is 1.87. The molecule has 0 saturated heterocycles. The Morgan fingerprint density at radius 3 is 2.72 bits per heavy atom. The van der Waals surface area contributed by atoms with Crippen molar-refractivity contribution in [2.75, 3.05) is 7.11 Å². The number of para-hydroxylation sites is 1. The SMILES string of the molecule is COc1ccccc1CC(N)c1cc(Br)c(C)s1. The molecule has 0 aliphatic carbocycles. The number of aryl methyl sites for hydroxylation is 1. The topological polar surface area (TPSA) is 35.2 Å². The molecule has 0 bridgehead atoms. The second kappa shape index (κ2) is 5.87. The Kier molecular flexibility index (Phi) is 4.43. The van der Waals surface area contributed by atoms with Gasteiger partial charge < -0.3 is 10.5 Å². The lowest BCUT2D eigenvalue weighted by Gasteiger charge is -2.12. The molecule has 2 rings (SSSR count). The number of methoxy groups -OCH3 is 1. The minimum absolute atomic E-state index is 0.0105. The van der Waals surface area contributed by atoms with E-state index >= 15 is 0 Å². The molecular weight excluding hydrogens is 310 g/mol. The van der Waals surface area contributed by atoms with Crippen molar-refractivity contribution >= 4 is 27.3 Å². The number of thiophene rings is 1. The zero-order valence-corrected chi connectivity index (χ0v) is 12.8. The maximum Gasteiger partial charge on any atom is 0.122 e. The minimum Gasteiger partial charge on any atom is -0.496 e. The molecular formula is C14H16BrNOS. The van der Waals surface area contributed by atoms with E-state index in [2.05, 4.69) is 35.0 Å². The van der Waals surface area contributed by atoms with E-state index in [1.807, 2.05) is 18.2 Å². The van der Waals surface area contributed by atoms with Crippen molar-refractivity contribution in [2.24, 2.45) is 5.73 Å². The summed E-state index contributed by atoms with van der Waals surface area (Å²) in [5.74, 6) is 0.903. The van der Waals surface area contributed by atoms with Crippen LogP contribution in [0.25, 0.3) is 0 Å². The number of benzene rings is 1. The van der Waals surface area contributed by atoms with Crippen molar-refractivity contribution in [2.45, 2.75) is 19.4 Å². The second-order valence-corrected chi connectivity index (χ2v) is 6.32. The van der Waals surface area contributed by atoms with Crippen molar-refractivity contribution in [1.29, 1.82) is 0 Å². The van der Waals surface area contributed by atoms with Crippen LogP contribution in [0.4, 0.5) is 0 Å². The lowest BCUT2D eigenvalue weighted by atomic mass is 10.0. The second-order valence-electron chi connectivity index (χ2n) is 4.18. The molecule has 2 aromatic rings. The smallest absolute Gasteiger partial charge is 0.122 e. The highest BCUT2D eigenvalue weighted by molar-refractivity contribution is 9.10. The van der Waals surface area contributed by atoms with Crippen LogP contribution in [0.15, 0.2) is 34.8 Å². The first-order chi connectivity index (χ1) is 8.61. The summed E-state index contributed by atoms with van der Waals surface area (Å²) in [6, 6.07) is 10.1. The van der Waals surface area contributed by atoms with Gasteiger partial charge in [-0.25, -0.2) is 0 Å². The van der Waals surface area contributed by atoms with E-state index in [0.717, 1.165) is 22.2 Å². The van der Waals surface area contributed by atoms with Gasteiger partial charge in [0.2, 0.25) is 0 Å². The standard InChI is InChI=1S/C14H16BrNOS/c1-9-11(15)8-14(18-9)12(16)7-10-5-3-4-6-13(10)17-2/h3-6,8,12H,7,16H2,1-2H3. The first-order valence-corrected chi connectivity index (χ1v) is 7.36. The third kappa shape index (κ3) is 2.94. The molecule has 2 N–H and O–H groups in total. The van der Waals surface area contributed by atoms with Gasteiger partial charge in [-0.1, -0.05) is 18.2 Å². The third-order valence-electron chi connectivity index (χ3n) is 2.87. The highest BCUT2D eigenvalue weighted by Crippen LogP contribution is 2.32. The molecule has 1 aromatic heterocycles. The molecule has 1 unspecified atom stereocenters. The fourth-order valence-corrected chi connectivity index (χ4v) is 3.44. The molecule has 1 aromatic carbocycles. The Labute approximate surface area is 120 Å². The molecule has 18 heavy (non-hydrogen) atoms. The normalized spacial score (nSPS) is 12.4. The maximum absolute atomic E-state index is 6.27. The number of hydrogen-bond acceptors (Lipinski definition) is 3. The zero-order valence-electron chi connectivity index (χ0n) is 10.4. The molecule has 1 atom stereocenters. The van der Waals surface area contributed by atoms with Gasteiger partial charge in [-0.3, -0.25) is 0 Å². The quantitative estimate of drug-likeness (QED) is 0.919. The maximum atomic E-state index is 6.27. The van der Waals surface area contributed by atoms with Crippen molar-refractivity contribution in [3.63, 3.8) is 0 Å². The largest absolute Gasteiger partial charge is 0.496 e. The molecule has 0 saturated carbocycles. The Balaban J connectivity index is 2.18. The van der Waals surface area contributed by atoms with E-state index < -0.39 is 0 Å². The summed E-state index contributed by atoms with van der Waals surface area (Å²) in [6.07, 6.45) is 0.788. The predicted molar refractivity (Wildman–Crippen MR) is 80.4 cm³/mol. The lowest BCUT2D eigenvalue weighted by molar-refractivity contribution is 0.408. The summed E-state index contributed by atoms with van der Waals surface area (Å²) in [5.41, 5.74) is 7.41. The van der Waals surface area contributed by atoms with Crippen LogP contribution < -0.4 is 10.5 Å². The number of halogens is 1. The van der Waals surface area contributed by atoms with E-state index in [9.17, 15) is 0 Å². The molecule has 0 aliphatic rings. The Morgan fingerprint density at radius 1 is 1.39 bits per heavy atom. The first-order valence-electron chi connectivity index (χ1n) is 5.75. The van der Waals surface area contributed by atoms with Crippen LogP contribution in [-0.4, -0.2) is 7.11 Å². The molecule has 2 nitrogen and oxygen atoms in total. The molecule has 0 radical (unpaired) electrons. The predicted octanol–water partition coefficient (Wildman–Crippen LogP) is 4.07. The summed E-state index contributed by atoms with van der Waals surface area (Å²) in [5, 5.41) is 0. The zero-order chi connectivity index (χ0) is 13.1. The molecule has 4 heteroatoms. The van der Waals surface area contributed by atoms with E-state index in [0.29, 0.717) is 0 Å². The van der Waals surface area contributed by atoms with E-state index in [1.54, 1.807) is 18.4 Å². The van der Waals surface area contributed by atoms with Gasteiger partial charge in [0.1, 0.15) is 5.75 Å². The molecule has 0 fully saturated rings. The van der Waals surface area contributed by atoms with Crippen LogP contribution in [0.1, 0.15) is 21.4 Å². The van der Waals surface area contributed by atoms with Crippen molar-refractivity contribution in [3.8, 4) is 5.75 Å². The van der Waals surface area contributed by atoms with Crippen LogP contribution >= 0.6 is 27.3 Å². The van der Waals surface area contributed by atoms with E-state index in [4.69, 9.17) is 10.5 Å². The molecule has 0 aliphatic heterocycles. The van der Waals surface area contributed by atoms with Crippen molar-refractivity contribution < 1.29 is 4.74 Å². The summed E-state index contributed by atoms with van der Waals surface area (Å²) in [6.45, 7) is 2.09. The average molecular weight is 326 g/mol. The summed E-state index contributed by atoms with van der Waals surface area (Å²) in [4.78, 5) is 2.46. The Bertz CT molecular complexity index is 519. The number of nitrogens with two attached hydrogens (primary N) is 1. The minimum atomic E-state index is 0.0105. The van der Waals surface area contributed by atoms with Crippen molar-refractivity contribution in [1.82, 2.24) is 0 Å². The molecule has 96 valence electrons. The van der Waals surface area contributed by atoms with Gasteiger partial charge in [-0.15, -0.1) is 11.3 Å². The summed E-state index contributed by atoms with van der Waals surface area (Å²) < 4.78 is 6.49. The molecule has 0 spiro atoms. The Morgan fingerprint density at radius 2 is 2.11 bits per heavy atom. The summed E-state index contributed by atoms with van der Waals surface area (Å²) >= 11 is 5.27. The highest BCUT2D eigenvalue weighted by Gasteiger charge is 2.13. The van der Waals surface area contributed by atoms with Gasteiger partial charge in [0, 0.05) is 20.3 Å². The van der Waals surface area contributed by atoms with Gasteiger partial charge in [0.05, 0.1) is 7.11 Å². The van der Waals surface area contributed by atoms with Gasteiger partial charge in [-0.2, -0.15) is 0 Å².